The van der Waals surface area contributed by atoms with E-state index in [1.807, 2.05) is 19.1 Å². The van der Waals surface area contributed by atoms with Crippen LogP contribution >= 0.6 is 11.6 Å². The quantitative estimate of drug-likeness (QED) is 0.846. The summed E-state index contributed by atoms with van der Waals surface area (Å²) in [7, 11) is 0. The van der Waals surface area contributed by atoms with E-state index in [1.54, 1.807) is 36.4 Å². The lowest BCUT2D eigenvalue weighted by molar-refractivity contribution is -0.138. The first-order valence-electron chi connectivity index (χ1n) is 6.55. The molecule has 1 N–H and O–H groups in total. The Balaban J connectivity index is 2.20. The molecule has 0 aromatic heterocycles. The molecule has 0 aliphatic carbocycles. The summed E-state index contributed by atoms with van der Waals surface area (Å²) >= 11 is 5.78. The fraction of sp³-hybridized carbons (Fsp3) is 0.176. The van der Waals surface area contributed by atoms with Gasteiger partial charge in [0.05, 0.1) is 5.92 Å². The fourth-order valence-electron chi connectivity index (χ4n) is 2.09. The third-order valence-corrected chi connectivity index (χ3v) is 3.59. The van der Waals surface area contributed by atoms with Crippen LogP contribution in [0, 0.1) is 6.92 Å². The zero-order chi connectivity index (χ0) is 15.4. The number of rotatable bonds is 5. The number of hydrogen-bond donors (Lipinski definition) is 1. The molecule has 1 atom stereocenters. The average molecular weight is 303 g/mol. The Labute approximate surface area is 128 Å². The summed E-state index contributed by atoms with van der Waals surface area (Å²) < 4.78 is 0. The molecule has 0 radical (unpaired) electrons. The molecule has 0 bridgehead atoms. The van der Waals surface area contributed by atoms with E-state index >= 15 is 0 Å². The minimum absolute atomic E-state index is 0.0694. The van der Waals surface area contributed by atoms with Gasteiger partial charge in [0.25, 0.3) is 0 Å². The summed E-state index contributed by atoms with van der Waals surface area (Å²) in [5.41, 5.74) is 2.15. The van der Waals surface area contributed by atoms with Gasteiger partial charge in [-0.25, -0.2) is 0 Å². The van der Waals surface area contributed by atoms with Gasteiger partial charge in [-0.05, 0) is 36.8 Å². The zero-order valence-electron chi connectivity index (χ0n) is 11.5. The molecule has 0 saturated heterocycles. The van der Waals surface area contributed by atoms with Gasteiger partial charge in [-0.1, -0.05) is 41.4 Å². The molecule has 0 fully saturated rings. The predicted octanol–water partition coefficient (Wildman–Crippen LogP) is 4.09. The summed E-state index contributed by atoms with van der Waals surface area (Å²) in [4.78, 5) is 23.6. The van der Waals surface area contributed by atoms with Crippen molar-refractivity contribution in [1.29, 1.82) is 0 Å². The smallest absolute Gasteiger partial charge is 0.311 e. The molecular formula is C17H15ClO3. The number of ketones is 1. The van der Waals surface area contributed by atoms with Gasteiger partial charge in [-0.15, -0.1) is 0 Å². The Hall–Kier alpha value is -2.13. The van der Waals surface area contributed by atoms with Crippen LogP contribution in [0.3, 0.4) is 0 Å². The third kappa shape index (κ3) is 3.92. The van der Waals surface area contributed by atoms with Gasteiger partial charge >= 0.3 is 5.97 Å². The molecule has 108 valence electrons. The molecule has 21 heavy (non-hydrogen) atoms. The second-order valence-electron chi connectivity index (χ2n) is 4.94. The lowest BCUT2D eigenvalue weighted by Crippen LogP contribution is -2.16. The Bertz CT molecular complexity index is 645. The summed E-state index contributed by atoms with van der Waals surface area (Å²) in [5.74, 6) is -2.05. The molecule has 0 heterocycles. The number of benzene rings is 2. The van der Waals surface area contributed by atoms with E-state index in [4.69, 9.17) is 11.6 Å². The highest BCUT2D eigenvalue weighted by molar-refractivity contribution is 6.30. The Morgan fingerprint density at radius 1 is 1.05 bits per heavy atom. The molecule has 0 aliphatic rings. The van der Waals surface area contributed by atoms with Crippen LogP contribution in [-0.4, -0.2) is 16.9 Å². The molecule has 3 nitrogen and oxygen atoms in total. The second-order valence-corrected chi connectivity index (χ2v) is 5.37. The van der Waals surface area contributed by atoms with Gasteiger partial charge in [-0.3, -0.25) is 9.59 Å². The fourth-order valence-corrected chi connectivity index (χ4v) is 2.21. The van der Waals surface area contributed by atoms with E-state index < -0.39 is 11.9 Å². The average Bonchev–Trinajstić information content (AvgIpc) is 2.46. The van der Waals surface area contributed by atoms with Crippen molar-refractivity contribution in [3.63, 3.8) is 0 Å². The molecule has 2 aromatic rings. The lowest BCUT2D eigenvalue weighted by Gasteiger charge is -2.12. The largest absolute Gasteiger partial charge is 0.481 e. The van der Waals surface area contributed by atoms with Crippen molar-refractivity contribution < 1.29 is 14.7 Å². The molecule has 0 unspecified atom stereocenters. The van der Waals surface area contributed by atoms with Crippen LogP contribution in [0.15, 0.2) is 48.5 Å². The van der Waals surface area contributed by atoms with Gasteiger partial charge in [-0.2, -0.15) is 0 Å². The number of carbonyl (C=O) groups is 2. The highest BCUT2D eigenvalue weighted by Crippen LogP contribution is 2.23. The number of halogens is 1. The van der Waals surface area contributed by atoms with Crippen LogP contribution in [0.4, 0.5) is 0 Å². The molecule has 0 saturated carbocycles. The Morgan fingerprint density at radius 2 is 1.62 bits per heavy atom. The number of carbonyl (C=O) groups excluding carboxylic acids is 1. The van der Waals surface area contributed by atoms with Crippen molar-refractivity contribution in [3.05, 3.63) is 70.2 Å². The molecule has 4 heteroatoms. The van der Waals surface area contributed by atoms with Crippen LogP contribution in [0.1, 0.15) is 33.8 Å². The normalized spacial score (nSPS) is 11.9. The third-order valence-electron chi connectivity index (χ3n) is 3.33. The van der Waals surface area contributed by atoms with Crippen LogP contribution in [0.2, 0.25) is 5.02 Å². The van der Waals surface area contributed by atoms with Crippen molar-refractivity contribution in [2.24, 2.45) is 0 Å². The van der Waals surface area contributed by atoms with E-state index in [2.05, 4.69) is 0 Å². The number of carboxylic acid groups (broad SMARTS) is 1. The molecule has 0 amide bonds. The van der Waals surface area contributed by atoms with Crippen LogP contribution in [0.25, 0.3) is 0 Å². The minimum Gasteiger partial charge on any atom is -0.481 e. The number of aliphatic carboxylic acids is 1. The van der Waals surface area contributed by atoms with E-state index in [0.717, 1.165) is 5.56 Å². The first-order valence-corrected chi connectivity index (χ1v) is 6.93. The zero-order valence-corrected chi connectivity index (χ0v) is 12.3. The number of carboxylic acids is 1. The summed E-state index contributed by atoms with van der Waals surface area (Å²) in [6.07, 6.45) is -0.0694. The van der Waals surface area contributed by atoms with E-state index in [-0.39, 0.29) is 12.2 Å². The van der Waals surface area contributed by atoms with Crippen LogP contribution < -0.4 is 0 Å². The molecule has 2 aromatic carbocycles. The maximum atomic E-state index is 12.2. The molecule has 0 spiro atoms. The van der Waals surface area contributed by atoms with Crippen molar-refractivity contribution >= 4 is 23.4 Å². The summed E-state index contributed by atoms with van der Waals surface area (Å²) in [5, 5.41) is 9.90. The molecular weight excluding hydrogens is 288 g/mol. The first-order chi connectivity index (χ1) is 9.97. The van der Waals surface area contributed by atoms with Gasteiger partial charge in [0, 0.05) is 17.0 Å². The monoisotopic (exact) mass is 302 g/mol. The van der Waals surface area contributed by atoms with Crippen molar-refractivity contribution in [2.45, 2.75) is 19.3 Å². The number of aryl methyl sites for hydroxylation is 1. The van der Waals surface area contributed by atoms with E-state index in [9.17, 15) is 14.7 Å². The van der Waals surface area contributed by atoms with Gasteiger partial charge in [0.15, 0.2) is 5.78 Å². The lowest BCUT2D eigenvalue weighted by atomic mass is 9.91. The topological polar surface area (TPSA) is 54.4 Å². The summed E-state index contributed by atoms with van der Waals surface area (Å²) in [6.45, 7) is 1.93. The number of hydrogen-bond acceptors (Lipinski definition) is 2. The first kappa shape index (κ1) is 15.3. The van der Waals surface area contributed by atoms with Gasteiger partial charge in [0.1, 0.15) is 0 Å². The van der Waals surface area contributed by atoms with Crippen molar-refractivity contribution in [3.8, 4) is 0 Å². The SMILES string of the molecule is Cc1ccc([C@H](CC(=O)c2ccc(Cl)cc2)C(=O)O)cc1. The van der Waals surface area contributed by atoms with Crippen molar-refractivity contribution in [1.82, 2.24) is 0 Å². The number of Topliss-reactive ketones (excluding diaryl/α,β-unsaturated/α-hetero) is 1. The maximum Gasteiger partial charge on any atom is 0.311 e. The van der Waals surface area contributed by atoms with Gasteiger partial charge < -0.3 is 5.11 Å². The molecule has 2 rings (SSSR count). The second kappa shape index (κ2) is 6.55. The maximum absolute atomic E-state index is 12.2. The Morgan fingerprint density at radius 3 is 2.14 bits per heavy atom. The van der Waals surface area contributed by atoms with Crippen LogP contribution in [-0.2, 0) is 4.79 Å². The van der Waals surface area contributed by atoms with Crippen molar-refractivity contribution in [2.75, 3.05) is 0 Å². The molecule has 0 aliphatic heterocycles. The highest BCUT2D eigenvalue weighted by atomic mass is 35.5. The Kier molecular flexibility index (Phi) is 4.76. The van der Waals surface area contributed by atoms with Gasteiger partial charge in [0.2, 0.25) is 0 Å². The predicted molar refractivity (Wildman–Crippen MR) is 82.0 cm³/mol. The standard InChI is InChI=1S/C17H15ClO3/c1-11-2-4-12(5-3-11)15(17(20)21)10-16(19)13-6-8-14(18)9-7-13/h2-9,15H,10H2,1H3,(H,20,21)/t15-/m0/s1. The summed E-state index contributed by atoms with van der Waals surface area (Å²) in [6, 6.07) is 13.7. The minimum atomic E-state index is -0.999. The van der Waals surface area contributed by atoms with E-state index in [1.165, 1.54) is 0 Å². The van der Waals surface area contributed by atoms with Crippen LogP contribution in [0.5, 0.6) is 0 Å². The highest BCUT2D eigenvalue weighted by Gasteiger charge is 2.23. The van der Waals surface area contributed by atoms with E-state index in [0.29, 0.717) is 16.1 Å².